The number of benzene rings is 1. The van der Waals surface area contributed by atoms with Gasteiger partial charge in [-0.15, -0.1) is 0 Å². The van der Waals surface area contributed by atoms with Gasteiger partial charge in [0.25, 0.3) is 0 Å². The minimum atomic E-state index is -3.22. The largest absolute Gasteiger partial charge is 0.478 e. The van der Waals surface area contributed by atoms with Crippen molar-refractivity contribution in [1.82, 2.24) is 0 Å². The molecule has 108 valence electrons. The molecule has 1 aromatic carbocycles. The van der Waals surface area contributed by atoms with E-state index in [4.69, 9.17) is 20.4 Å². The monoisotopic (exact) mass is 286 g/mol. The van der Waals surface area contributed by atoms with Crippen molar-refractivity contribution in [3.63, 3.8) is 0 Å². The first-order valence-electron chi connectivity index (χ1n) is 5.06. The number of rotatable bonds is 5. The number of carboxylic acid groups (broad SMARTS) is 3. The molecule has 0 aliphatic rings. The van der Waals surface area contributed by atoms with E-state index >= 15 is 0 Å². The maximum Gasteiger partial charge on any atom is 0.337 e. The van der Waals surface area contributed by atoms with Gasteiger partial charge in [0.1, 0.15) is 6.61 Å². The lowest BCUT2D eigenvalue weighted by Crippen LogP contribution is -2.35. The predicted octanol–water partition coefficient (Wildman–Crippen LogP) is -1.09. The fraction of sp³-hybridized carbons (Fsp3) is 0.182. The molecule has 1 aromatic rings. The average Bonchev–Trinajstić information content (AvgIpc) is 2.36. The van der Waals surface area contributed by atoms with Crippen molar-refractivity contribution in [2.75, 3.05) is 6.61 Å². The van der Waals surface area contributed by atoms with E-state index in [-0.39, 0.29) is 0 Å². The zero-order valence-corrected chi connectivity index (χ0v) is 9.77. The number of carbonyl (C=O) groups is 3. The highest BCUT2D eigenvalue weighted by molar-refractivity contribution is 6.05. The summed E-state index contributed by atoms with van der Waals surface area (Å²) in [5.74, 6) is -8.50. The second-order valence-electron chi connectivity index (χ2n) is 3.80. The van der Waals surface area contributed by atoms with Crippen LogP contribution in [0.4, 0.5) is 0 Å². The van der Waals surface area contributed by atoms with Crippen molar-refractivity contribution < 1.29 is 45.0 Å². The Morgan fingerprint density at radius 1 is 0.900 bits per heavy atom. The van der Waals surface area contributed by atoms with E-state index in [1.165, 1.54) is 0 Å². The molecule has 9 heteroatoms. The molecular formula is C11H10O9. The smallest absolute Gasteiger partial charge is 0.337 e. The van der Waals surface area contributed by atoms with Gasteiger partial charge in [-0.2, -0.15) is 0 Å². The summed E-state index contributed by atoms with van der Waals surface area (Å²) in [4.78, 5) is 33.1. The summed E-state index contributed by atoms with van der Waals surface area (Å²) in [6.07, 6.45) is 0. The molecule has 0 amide bonds. The van der Waals surface area contributed by atoms with E-state index in [1.807, 2.05) is 0 Å². The van der Waals surface area contributed by atoms with Crippen LogP contribution in [0.25, 0.3) is 0 Å². The Morgan fingerprint density at radius 2 is 1.35 bits per heavy atom. The topological polar surface area (TPSA) is 173 Å². The van der Waals surface area contributed by atoms with Crippen molar-refractivity contribution in [2.45, 2.75) is 5.79 Å². The van der Waals surface area contributed by atoms with Gasteiger partial charge in [0.2, 0.25) is 5.79 Å². The van der Waals surface area contributed by atoms with Gasteiger partial charge in [-0.05, 0) is 12.1 Å². The van der Waals surface area contributed by atoms with Crippen molar-refractivity contribution in [1.29, 1.82) is 0 Å². The molecule has 0 saturated carbocycles. The standard InChI is InChI=1S/C11H10O9/c12-3-11(19,20)7-5(9(15)16)2-1-4(8(13)14)6(7)10(17)18/h1-2,12,19-20H,3H2,(H,13,14)(H,15,16)(H,17,18). The van der Waals surface area contributed by atoms with Crippen LogP contribution in [0.2, 0.25) is 0 Å². The van der Waals surface area contributed by atoms with Crippen LogP contribution in [0.5, 0.6) is 0 Å². The molecule has 0 aromatic heterocycles. The summed E-state index contributed by atoms with van der Waals surface area (Å²) in [5.41, 5.74) is -3.89. The van der Waals surface area contributed by atoms with Gasteiger partial charge in [-0.3, -0.25) is 0 Å². The van der Waals surface area contributed by atoms with E-state index < -0.39 is 52.6 Å². The normalized spacial score (nSPS) is 11.2. The zero-order chi connectivity index (χ0) is 15.7. The minimum absolute atomic E-state index is 0.713. The highest BCUT2D eigenvalue weighted by Crippen LogP contribution is 2.29. The number of hydrogen-bond donors (Lipinski definition) is 6. The SMILES string of the molecule is O=C(O)c1ccc(C(=O)O)c(C(O)(O)CO)c1C(=O)O. The predicted molar refractivity (Wildman–Crippen MR) is 60.5 cm³/mol. The van der Waals surface area contributed by atoms with E-state index in [0.29, 0.717) is 12.1 Å². The summed E-state index contributed by atoms with van der Waals surface area (Å²) in [7, 11) is 0. The van der Waals surface area contributed by atoms with Crippen LogP contribution in [0.1, 0.15) is 36.6 Å². The molecule has 0 saturated heterocycles. The van der Waals surface area contributed by atoms with E-state index in [1.54, 1.807) is 0 Å². The lowest BCUT2D eigenvalue weighted by atomic mass is 9.90. The summed E-state index contributed by atoms with van der Waals surface area (Å²) < 4.78 is 0. The third kappa shape index (κ3) is 2.59. The molecule has 20 heavy (non-hydrogen) atoms. The lowest BCUT2D eigenvalue weighted by molar-refractivity contribution is -0.195. The Hall–Kier alpha value is -2.49. The van der Waals surface area contributed by atoms with Gasteiger partial charge in [-0.25, -0.2) is 14.4 Å². The number of aliphatic hydroxyl groups excluding tert-OH is 1. The third-order valence-corrected chi connectivity index (χ3v) is 2.50. The molecule has 0 fully saturated rings. The van der Waals surface area contributed by atoms with Crippen LogP contribution < -0.4 is 0 Å². The zero-order valence-electron chi connectivity index (χ0n) is 9.77. The lowest BCUT2D eigenvalue weighted by Gasteiger charge is -2.24. The van der Waals surface area contributed by atoms with Crippen LogP contribution in [0.3, 0.4) is 0 Å². The molecule has 9 nitrogen and oxygen atoms in total. The molecule has 0 spiro atoms. The molecule has 0 aliphatic carbocycles. The van der Waals surface area contributed by atoms with Crippen molar-refractivity contribution in [3.8, 4) is 0 Å². The van der Waals surface area contributed by atoms with Gasteiger partial charge in [0, 0.05) is 5.56 Å². The molecule has 0 radical (unpaired) electrons. The van der Waals surface area contributed by atoms with Crippen molar-refractivity contribution in [2.24, 2.45) is 0 Å². The third-order valence-electron chi connectivity index (χ3n) is 2.50. The Balaban J connectivity index is 3.89. The molecule has 0 bridgehead atoms. The van der Waals surface area contributed by atoms with E-state index in [9.17, 15) is 24.6 Å². The average molecular weight is 286 g/mol. The number of carboxylic acids is 3. The first-order chi connectivity index (χ1) is 9.13. The maximum absolute atomic E-state index is 11.1. The van der Waals surface area contributed by atoms with E-state index in [0.717, 1.165) is 0 Å². The van der Waals surface area contributed by atoms with Crippen LogP contribution in [-0.2, 0) is 5.79 Å². The fourth-order valence-corrected chi connectivity index (χ4v) is 1.68. The van der Waals surface area contributed by atoms with Gasteiger partial charge in [-0.1, -0.05) is 0 Å². The van der Waals surface area contributed by atoms with Gasteiger partial charge < -0.3 is 30.6 Å². The summed E-state index contributed by atoms with van der Waals surface area (Å²) in [5, 5.41) is 54.7. The Labute approximate surface area is 111 Å². The summed E-state index contributed by atoms with van der Waals surface area (Å²) in [6.45, 7) is -1.42. The molecule has 0 aliphatic heterocycles. The second-order valence-corrected chi connectivity index (χ2v) is 3.80. The quantitative estimate of drug-likeness (QED) is 0.367. The molecule has 6 N–H and O–H groups in total. The number of hydrogen-bond acceptors (Lipinski definition) is 6. The summed E-state index contributed by atoms with van der Waals surface area (Å²) in [6, 6.07) is 1.43. The Bertz CT molecular complexity index is 588. The van der Waals surface area contributed by atoms with Gasteiger partial charge in [0.15, 0.2) is 0 Å². The van der Waals surface area contributed by atoms with E-state index in [2.05, 4.69) is 0 Å². The van der Waals surface area contributed by atoms with Crippen LogP contribution in [0.15, 0.2) is 12.1 Å². The van der Waals surface area contributed by atoms with Gasteiger partial charge >= 0.3 is 17.9 Å². The van der Waals surface area contributed by atoms with Crippen LogP contribution in [-0.4, -0.2) is 55.2 Å². The first-order valence-corrected chi connectivity index (χ1v) is 5.06. The highest BCUT2D eigenvalue weighted by atomic mass is 16.5. The first kappa shape index (κ1) is 15.6. The van der Waals surface area contributed by atoms with Crippen LogP contribution in [0, 0.1) is 0 Å². The molecule has 0 unspecified atom stereocenters. The minimum Gasteiger partial charge on any atom is -0.478 e. The van der Waals surface area contributed by atoms with Crippen molar-refractivity contribution >= 4 is 17.9 Å². The van der Waals surface area contributed by atoms with Gasteiger partial charge in [0.05, 0.1) is 16.7 Å². The highest BCUT2D eigenvalue weighted by Gasteiger charge is 2.37. The molecule has 1 rings (SSSR count). The van der Waals surface area contributed by atoms with Crippen molar-refractivity contribution in [3.05, 3.63) is 34.4 Å². The molecule has 0 atom stereocenters. The number of aromatic carboxylic acids is 3. The summed E-state index contributed by atoms with van der Waals surface area (Å²) >= 11 is 0. The Kier molecular flexibility index (Phi) is 4.08. The second kappa shape index (κ2) is 5.25. The number of aliphatic hydroxyl groups is 3. The molecular weight excluding hydrogens is 276 g/mol. The van der Waals surface area contributed by atoms with Crippen LogP contribution >= 0.6 is 0 Å². The Morgan fingerprint density at radius 3 is 1.70 bits per heavy atom. The fourth-order valence-electron chi connectivity index (χ4n) is 1.68. The maximum atomic E-state index is 11.1. The molecule has 0 heterocycles.